The van der Waals surface area contributed by atoms with E-state index in [4.69, 9.17) is 24.7 Å². The van der Waals surface area contributed by atoms with Gasteiger partial charge in [-0.05, 0) is 57.8 Å². The lowest BCUT2D eigenvalue weighted by molar-refractivity contribution is -0.201. The van der Waals surface area contributed by atoms with Crippen molar-refractivity contribution in [1.82, 2.24) is 0 Å². The Morgan fingerprint density at radius 1 is 1.04 bits per heavy atom. The van der Waals surface area contributed by atoms with Crippen molar-refractivity contribution >= 4 is 5.91 Å². The van der Waals surface area contributed by atoms with Gasteiger partial charge in [0.05, 0.1) is 6.10 Å². The van der Waals surface area contributed by atoms with Gasteiger partial charge in [-0.1, -0.05) is 6.92 Å². The molecule has 0 radical (unpaired) electrons. The number of nitrogens with two attached hydrogens (primary N) is 1. The van der Waals surface area contributed by atoms with E-state index in [2.05, 4.69) is 6.92 Å². The SMILES string of the molecule is CC[C@H](CCC(OC1CCCCO1)C(N)=O)OC1CCCCO1. The maximum absolute atomic E-state index is 11.6. The van der Waals surface area contributed by atoms with Crippen molar-refractivity contribution in [3.8, 4) is 0 Å². The minimum Gasteiger partial charge on any atom is -0.367 e. The van der Waals surface area contributed by atoms with Crippen molar-refractivity contribution in [3.63, 3.8) is 0 Å². The van der Waals surface area contributed by atoms with Crippen LogP contribution in [0.1, 0.15) is 64.7 Å². The number of hydrogen-bond donors (Lipinski definition) is 1. The van der Waals surface area contributed by atoms with E-state index in [1.807, 2.05) is 0 Å². The van der Waals surface area contributed by atoms with Crippen LogP contribution in [0.4, 0.5) is 0 Å². The zero-order chi connectivity index (χ0) is 16.5. The highest BCUT2D eigenvalue weighted by Gasteiger charge is 2.26. The van der Waals surface area contributed by atoms with Crippen molar-refractivity contribution in [2.24, 2.45) is 5.73 Å². The fourth-order valence-corrected chi connectivity index (χ4v) is 3.02. The first-order chi connectivity index (χ1) is 11.2. The molecule has 3 unspecified atom stereocenters. The van der Waals surface area contributed by atoms with Crippen LogP contribution in [0.3, 0.4) is 0 Å². The molecular formula is C17H31NO5. The molecule has 0 spiro atoms. The van der Waals surface area contributed by atoms with Gasteiger partial charge in [0.2, 0.25) is 5.91 Å². The number of ether oxygens (including phenoxy) is 4. The van der Waals surface area contributed by atoms with Crippen LogP contribution in [0.15, 0.2) is 0 Å². The Morgan fingerprint density at radius 2 is 1.65 bits per heavy atom. The first-order valence-corrected chi connectivity index (χ1v) is 9.02. The van der Waals surface area contributed by atoms with E-state index in [1.54, 1.807) is 0 Å². The van der Waals surface area contributed by atoms with E-state index in [-0.39, 0.29) is 18.7 Å². The van der Waals surface area contributed by atoms with Crippen LogP contribution in [0.25, 0.3) is 0 Å². The summed E-state index contributed by atoms with van der Waals surface area (Å²) < 4.78 is 22.9. The van der Waals surface area contributed by atoms with Crippen LogP contribution < -0.4 is 5.73 Å². The second kappa shape index (κ2) is 10.2. The van der Waals surface area contributed by atoms with Crippen molar-refractivity contribution in [3.05, 3.63) is 0 Å². The van der Waals surface area contributed by atoms with Gasteiger partial charge < -0.3 is 24.7 Å². The topological polar surface area (TPSA) is 80.0 Å². The monoisotopic (exact) mass is 329 g/mol. The molecule has 1 amide bonds. The Hall–Kier alpha value is -0.690. The maximum atomic E-state index is 11.6. The lowest BCUT2D eigenvalue weighted by atomic mass is 10.1. The standard InChI is InChI=1S/C17H31NO5/c1-2-13(22-15-7-3-5-11-20-15)9-10-14(17(18)19)23-16-8-4-6-12-21-16/h13-16H,2-12H2,1H3,(H2,18,19)/t13-,14?,15?,16?/m1/s1. The molecule has 2 fully saturated rings. The zero-order valence-electron chi connectivity index (χ0n) is 14.2. The summed E-state index contributed by atoms with van der Waals surface area (Å²) in [5, 5.41) is 0. The van der Waals surface area contributed by atoms with Crippen LogP contribution in [-0.2, 0) is 23.7 Å². The van der Waals surface area contributed by atoms with Crippen molar-refractivity contribution in [2.45, 2.75) is 89.5 Å². The highest BCUT2D eigenvalue weighted by Crippen LogP contribution is 2.21. The van der Waals surface area contributed by atoms with Crippen LogP contribution in [0.5, 0.6) is 0 Å². The molecule has 0 bridgehead atoms. The van der Waals surface area contributed by atoms with E-state index in [1.165, 1.54) is 0 Å². The van der Waals surface area contributed by atoms with E-state index >= 15 is 0 Å². The molecule has 2 aliphatic heterocycles. The molecule has 2 rings (SSSR count). The molecule has 0 aromatic rings. The predicted octanol–water partition coefficient (Wildman–Crippen LogP) is 2.49. The normalized spacial score (nSPS) is 28.2. The molecule has 23 heavy (non-hydrogen) atoms. The first kappa shape index (κ1) is 18.6. The average Bonchev–Trinajstić information content (AvgIpc) is 2.59. The molecule has 6 heteroatoms. The molecule has 0 aromatic carbocycles. The van der Waals surface area contributed by atoms with E-state index in [0.29, 0.717) is 13.0 Å². The van der Waals surface area contributed by atoms with Crippen molar-refractivity contribution in [2.75, 3.05) is 13.2 Å². The Labute approximate surface area is 139 Å². The van der Waals surface area contributed by atoms with Gasteiger partial charge in [-0.25, -0.2) is 0 Å². The molecule has 0 aliphatic carbocycles. The predicted molar refractivity (Wildman–Crippen MR) is 85.6 cm³/mol. The summed E-state index contributed by atoms with van der Waals surface area (Å²) in [6.07, 6.45) is 7.36. The van der Waals surface area contributed by atoms with Crippen molar-refractivity contribution < 1.29 is 23.7 Å². The zero-order valence-corrected chi connectivity index (χ0v) is 14.2. The molecule has 6 nitrogen and oxygen atoms in total. The van der Waals surface area contributed by atoms with Crippen LogP contribution in [0, 0.1) is 0 Å². The number of primary amides is 1. The quantitative estimate of drug-likeness (QED) is 0.703. The Kier molecular flexibility index (Phi) is 8.30. The summed E-state index contributed by atoms with van der Waals surface area (Å²) >= 11 is 0. The number of hydrogen-bond acceptors (Lipinski definition) is 5. The molecule has 0 saturated carbocycles. The molecular weight excluding hydrogens is 298 g/mol. The molecule has 2 N–H and O–H groups in total. The minimum absolute atomic E-state index is 0.0656. The highest BCUT2D eigenvalue weighted by molar-refractivity contribution is 5.78. The summed E-state index contributed by atoms with van der Waals surface area (Å²) in [5.74, 6) is -0.428. The second-order valence-corrected chi connectivity index (χ2v) is 6.36. The number of carbonyl (C=O) groups excluding carboxylic acids is 1. The second-order valence-electron chi connectivity index (χ2n) is 6.36. The summed E-state index contributed by atoms with van der Waals surface area (Å²) in [6, 6.07) is 0. The third kappa shape index (κ3) is 6.75. The first-order valence-electron chi connectivity index (χ1n) is 9.02. The molecule has 0 aromatic heterocycles. The molecule has 2 saturated heterocycles. The Balaban J connectivity index is 1.74. The number of carbonyl (C=O) groups is 1. The van der Waals surface area contributed by atoms with Crippen LogP contribution >= 0.6 is 0 Å². The maximum Gasteiger partial charge on any atom is 0.246 e. The third-order valence-corrected chi connectivity index (χ3v) is 4.46. The Bertz CT molecular complexity index is 340. The highest BCUT2D eigenvalue weighted by atomic mass is 16.7. The summed E-state index contributed by atoms with van der Waals surface area (Å²) in [5.41, 5.74) is 5.48. The average molecular weight is 329 g/mol. The van der Waals surface area contributed by atoms with Crippen molar-refractivity contribution in [1.29, 1.82) is 0 Å². The lowest BCUT2D eigenvalue weighted by Crippen LogP contribution is -2.38. The van der Waals surface area contributed by atoms with Gasteiger partial charge in [0, 0.05) is 13.2 Å². The Morgan fingerprint density at radius 3 is 2.13 bits per heavy atom. The largest absolute Gasteiger partial charge is 0.367 e. The van der Waals surface area contributed by atoms with Gasteiger partial charge in [-0.15, -0.1) is 0 Å². The summed E-state index contributed by atoms with van der Waals surface area (Å²) in [4.78, 5) is 11.6. The summed E-state index contributed by atoms with van der Waals surface area (Å²) in [7, 11) is 0. The van der Waals surface area contributed by atoms with Crippen LogP contribution in [0.2, 0.25) is 0 Å². The van der Waals surface area contributed by atoms with Gasteiger partial charge in [0.1, 0.15) is 6.10 Å². The van der Waals surface area contributed by atoms with Crippen LogP contribution in [-0.4, -0.2) is 43.9 Å². The van der Waals surface area contributed by atoms with E-state index in [9.17, 15) is 4.79 Å². The number of rotatable bonds is 9. The smallest absolute Gasteiger partial charge is 0.246 e. The minimum atomic E-state index is -0.608. The summed E-state index contributed by atoms with van der Waals surface area (Å²) in [6.45, 7) is 3.54. The fourth-order valence-electron chi connectivity index (χ4n) is 3.02. The molecule has 2 aliphatic rings. The lowest BCUT2D eigenvalue weighted by Gasteiger charge is -2.29. The molecule has 4 atom stereocenters. The van der Waals surface area contributed by atoms with Gasteiger partial charge in [0.15, 0.2) is 12.6 Å². The fraction of sp³-hybridized carbons (Fsp3) is 0.941. The van der Waals surface area contributed by atoms with Gasteiger partial charge >= 0.3 is 0 Å². The van der Waals surface area contributed by atoms with Gasteiger partial charge in [-0.2, -0.15) is 0 Å². The third-order valence-electron chi connectivity index (χ3n) is 4.46. The van der Waals surface area contributed by atoms with Gasteiger partial charge in [-0.3, -0.25) is 4.79 Å². The number of amides is 1. The van der Waals surface area contributed by atoms with E-state index in [0.717, 1.165) is 58.0 Å². The van der Waals surface area contributed by atoms with Gasteiger partial charge in [0.25, 0.3) is 0 Å². The van der Waals surface area contributed by atoms with E-state index < -0.39 is 12.0 Å². The molecule has 2 heterocycles. The molecule has 134 valence electrons.